The Balaban J connectivity index is 1.44. The summed E-state index contributed by atoms with van der Waals surface area (Å²) < 4.78 is 20.3. The van der Waals surface area contributed by atoms with E-state index in [4.69, 9.17) is 30.9 Å². The summed E-state index contributed by atoms with van der Waals surface area (Å²) in [6.07, 6.45) is 4.24. The summed E-state index contributed by atoms with van der Waals surface area (Å²) in [5.74, 6) is 1.44. The zero-order chi connectivity index (χ0) is 24.6. The number of aromatic nitrogens is 4. The molecule has 0 unspecified atom stereocenters. The molecule has 1 aliphatic heterocycles. The second kappa shape index (κ2) is 9.29. The van der Waals surface area contributed by atoms with E-state index in [1.165, 1.54) is 0 Å². The Hall–Kier alpha value is -3.88. The lowest BCUT2D eigenvalue weighted by Crippen LogP contribution is -2.21. The van der Waals surface area contributed by atoms with E-state index in [1.54, 1.807) is 28.6 Å². The second-order valence-electron chi connectivity index (χ2n) is 8.64. The van der Waals surface area contributed by atoms with Crippen LogP contribution in [0.1, 0.15) is 17.7 Å². The van der Waals surface area contributed by atoms with Crippen molar-refractivity contribution in [2.75, 3.05) is 20.3 Å². The number of halogens is 1. The molecule has 0 radical (unpaired) electrons. The predicted octanol–water partition coefficient (Wildman–Crippen LogP) is 4.72. The molecule has 0 saturated heterocycles. The Morgan fingerprint density at radius 1 is 1.08 bits per heavy atom. The van der Waals surface area contributed by atoms with E-state index in [9.17, 15) is 4.79 Å². The van der Waals surface area contributed by atoms with Crippen LogP contribution in [0.5, 0.6) is 11.5 Å². The van der Waals surface area contributed by atoms with E-state index >= 15 is 0 Å². The van der Waals surface area contributed by atoms with Gasteiger partial charge < -0.3 is 18.8 Å². The van der Waals surface area contributed by atoms with E-state index < -0.39 is 0 Å². The van der Waals surface area contributed by atoms with Crippen LogP contribution in [0, 0.1) is 0 Å². The average Bonchev–Trinajstić information content (AvgIpc) is 3.08. The zero-order valence-corrected chi connectivity index (χ0v) is 20.4. The van der Waals surface area contributed by atoms with Crippen LogP contribution < -0.4 is 15.0 Å². The van der Waals surface area contributed by atoms with Crippen molar-refractivity contribution >= 4 is 28.2 Å². The van der Waals surface area contributed by atoms with Gasteiger partial charge in [0.15, 0.2) is 17.1 Å². The standard InChI is InChI=1S/C27H23ClN4O4/c1-34-16-21-25(18-4-2-5-19(28)13-18)26-29-14-20-22(32(26)30-21)8-9-31(27(20)33)15-17-6-7-23-24(12-17)36-11-3-10-35-23/h2,4-9,12-14H,3,10-11,15-16H2,1H3. The lowest BCUT2D eigenvalue weighted by molar-refractivity contribution is 0.181. The van der Waals surface area contributed by atoms with Crippen molar-refractivity contribution in [1.29, 1.82) is 0 Å². The number of nitrogens with zero attached hydrogens (tertiary/aromatic N) is 4. The minimum atomic E-state index is -0.151. The maximum absolute atomic E-state index is 13.4. The van der Waals surface area contributed by atoms with Crippen molar-refractivity contribution in [2.45, 2.75) is 19.6 Å². The highest BCUT2D eigenvalue weighted by atomic mass is 35.5. The van der Waals surface area contributed by atoms with Crippen LogP contribution in [0.3, 0.4) is 0 Å². The molecule has 2 aromatic carbocycles. The van der Waals surface area contributed by atoms with Crippen molar-refractivity contribution in [3.05, 3.63) is 87.6 Å². The monoisotopic (exact) mass is 502 g/mol. The molecule has 9 heteroatoms. The summed E-state index contributed by atoms with van der Waals surface area (Å²) in [6.45, 7) is 1.94. The van der Waals surface area contributed by atoms with Crippen molar-refractivity contribution < 1.29 is 14.2 Å². The molecule has 5 aromatic rings. The summed E-state index contributed by atoms with van der Waals surface area (Å²) in [5, 5.41) is 5.85. The van der Waals surface area contributed by atoms with Gasteiger partial charge in [0, 0.05) is 30.9 Å². The maximum atomic E-state index is 13.4. The third kappa shape index (κ3) is 3.98. The highest BCUT2D eigenvalue weighted by Gasteiger charge is 2.19. The van der Waals surface area contributed by atoms with E-state index in [-0.39, 0.29) is 5.56 Å². The van der Waals surface area contributed by atoms with Crippen LogP contribution in [0.2, 0.25) is 5.02 Å². The number of methoxy groups -OCH3 is 1. The normalized spacial score (nSPS) is 13.3. The van der Waals surface area contributed by atoms with Gasteiger partial charge in [-0.15, -0.1) is 0 Å². The molecule has 6 rings (SSSR count). The van der Waals surface area contributed by atoms with Crippen molar-refractivity contribution in [3.63, 3.8) is 0 Å². The molecule has 0 N–H and O–H groups in total. The van der Waals surface area contributed by atoms with E-state index in [1.807, 2.05) is 48.5 Å². The first-order valence-corrected chi connectivity index (χ1v) is 12.0. The molecule has 0 amide bonds. The number of ether oxygens (including phenoxy) is 3. The summed E-state index contributed by atoms with van der Waals surface area (Å²) in [4.78, 5) is 18.1. The van der Waals surface area contributed by atoms with Gasteiger partial charge in [0.1, 0.15) is 0 Å². The molecule has 0 saturated carbocycles. The molecule has 0 spiro atoms. The molecule has 4 heterocycles. The van der Waals surface area contributed by atoms with Gasteiger partial charge in [-0.25, -0.2) is 9.50 Å². The minimum Gasteiger partial charge on any atom is -0.490 e. The minimum absolute atomic E-state index is 0.151. The van der Waals surface area contributed by atoms with Crippen molar-refractivity contribution in [2.24, 2.45) is 0 Å². The van der Waals surface area contributed by atoms with Crippen LogP contribution >= 0.6 is 11.6 Å². The zero-order valence-electron chi connectivity index (χ0n) is 19.6. The highest BCUT2D eigenvalue weighted by molar-refractivity contribution is 6.30. The fourth-order valence-corrected chi connectivity index (χ4v) is 4.75. The first kappa shape index (κ1) is 22.6. The molecular weight excluding hydrogens is 480 g/mol. The van der Waals surface area contributed by atoms with Gasteiger partial charge in [-0.2, -0.15) is 5.10 Å². The molecular formula is C27H23ClN4O4. The van der Waals surface area contributed by atoms with Crippen LogP contribution in [0.25, 0.3) is 27.7 Å². The van der Waals surface area contributed by atoms with Gasteiger partial charge in [-0.1, -0.05) is 29.8 Å². The van der Waals surface area contributed by atoms with Crippen LogP contribution in [0.15, 0.2) is 65.7 Å². The number of hydrogen-bond donors (Lipinski definition) is 0. The number of benzene rings is 2. The second-order valence-corrected chi connectivity index (χ2v) is 9.07. The molecule has 3 aromatic heterocycles. The Morgan fingerprint density at radius 3 is 2.78 bits per heavy atom. The number of rotatable bonds is 5. The Labute approximate surface area is 211 Å². The fourth-order valence-electron chi connectivity index (χ4n) is 4.56. The third-order valence-corrected chi connectivity index (χ3v) is 6.45. The number of pyridine rings is 1. The molecule has 8 nitrogen and oxygen atoms in total. The summed E-state index contributed by atoms with van der Waals surface area (Å²) in [7, 11) is 1.62. The molecule has 0 atom stereocenters. The van der Waals surface area contributed by atoms with Gasteiger partial charge in [0.2, 0.25) is 0 Å². The predicted molar refractivity (Wildman–Crippen MR) is 137 cm³/mol. The van der Waals surface area contributed by atoms with Crippen LogP contribution in [-0.2, 0) is 17.9 Å². The fraction of sp³-hybridized carbons (Fsp3) is 0.222. The number of fused-ring (bicyclic) bond motifs is 4. The van der Waals surface area contributed by atoms with Crippen LogP contribution in [0.4, 0.5) is 0 Å². The Bertz CT molecular complexity index is 1660. The first-order valence-electron chi connectivity index (χ1n) is 11.7. The molecule has 1 aliphatic rings. The Kier molecular flexibility index (Phi) is 5.83. The summed E-state index contributed by atoms with van der Waals surface area (Å²) >= 11 is 6.25. The first-order chi connectivity index (χ1) is 17.6. The maximum Gasteiger partial charge on any atom is 0.261 e. The smallest absolute Gasteiger partial charge is 0.261 e. The lowest BCUT2D eigenvalue weighted by atomic mass is 10.1. The van der Waals surface area contributed by atoms with E-state index in [0.717, 1.165) is 34.6 Å². The van der Waals surface area contributed by atoms with Gasteiger partial charge in [-0.3, -0.25) is 4.79 Å². The van der Waals surface area contributed by atoms with Crippen molar-refractivity contribution in [1.82, 2.24) is 19.2 Å². The SMILES string of the molecule is COCc1nn2c(ncc3c(=O)n(Cc4ccc5c(c4)OCCCO5)ccc32)c1-c1cccc(Cl)c1. The van der Waals surface area contributed by atoms with Crippen molar-refractivity contribution in [3.8, 4) is 22.6 Å². The topological polar surface area (TPSA) is 79.9 Å². The largest absolute Gasteiger partial charge is 0.490 e. The highest BCUT2D eigenvalue weighted by Crippen LogP contribution is 2.32. The molecule has 0 fully saturated rings. The van der Waals surface area contributed by atoms with E-state index in [0.29, 0.717) is 53.7 Å². The third-order valence-electron chi connectivity index (χ3n) is 6.22. The molecule has 182 valence electrons. The Morgan fingerprint density at radius 2 is 1.94 bits per heavy atom. The lowest BCUT2D eigenvalue weighted by Gasteiger charge is -2.11. The van der Waals surface area contributed by atoms with E-state index in [2.05, 4.69) is 4.98 Å². The van der Waals surface area contributed by atoms with Gasteiger partial charge in [0.05, 0.1) is 48.5 Å². The summed E-state index contributed by atoms with van der Waals surface area (Å²) in [5.41, 5.74) is 4.54. The summed E-state index contributed by atoms with van der Waals surface area (Å²) in [6, 6.07) is 15.2. The van der Waals surface area contributed by atoms with Gasteiger partial charge in [0.25, 0.3) is 5.56 Å². The quantitative estimate of drug-likeness (QED) is 0.346. The number of hydrogen-bond acceptors (Lipinski definition) is 6. The molecule has 0 bridgehead atoms. The molecule has 36 heavy (non-hydrogen) atoms. The van der Waals surface area contributed by atoms with Gasteiger partial charge in [-0.05, 0) is 41.5 Å². The average molecular weight is 503 g/mol. The molecule has 0 aliphatic carbocycles. The van der Waals surface area contributed by atoms with Gasteiger partial charge >= 0.3 is 0 Å². The van der Waals surface area contributed by atoms with Crippen LogP contribution in [-0.4, -0.2) is 39.5 Å².